The zero-order chi connectivity index (χ0) is 27.7. The van der Waals surface area contributed by atoms with Crippen LogP contribution in [0.15, 0.2) is 66.0 Å². The van der Waals surface area contributed by atoms with Gasteiger partial charge in [0.15, 0.2) is 10.9 Å². The van der Waals surface area contributed by atoms with Crippen molar-refractivity contribution >= 4 is 21.9 Å². The summed E-state index contributed by atoms with van der Waals surface area (Å²) in [5.74, 6) is 1.21. The number of aromatic hydroxyl groups is 3. The van der Waals surface area contributed by atoms with Crippen LogP contribution in [-0.4, -0.2) is 21.9 Å². The van der Waals surface area contributed by atoms with Gasteiger partial charge < -0.3 is 28.9 Å². The Labute approximate surface area is 218 Å². The van der Waals surface area contributed by atoms with E-state index in [1.54, 1.807) is 19.9 Å². The lowest BCUT2D eigenvalue weighted by Crippen LogP contribution is -2.04. The van der Waals surface area contributed by atoms with E-state index in [4.69, 9.17) is 13.6 Å². The van der Waals surface area contributed by atoms with Crippen LogP contribution < -0.4 is 15.6 Å². The van der Waals surface area contributed by atoms with Gasteiger partial charge >= 0.3 is 0 Å². The van der Waals surface area contributed by atoms with Crippen molar-refractivity contribution in [3.05, 3.63) is 90.7 Å². The minimum absolute atomic E-state index is 0.0350. The third-order valence-corrected chi connectivity index (χ3v) is 6.20. The number of hydrogen-bond donors (Lipinski definition) is 3. The van der Waals surface area contributed by atoms with Gasteiger partial charge in [-0.3, -0.25) is 9.59 Å². The van der Waals surface area contributed by atoms with Crippen molar-refractivity contribution in [1.82, 2.24) is 0 Å². The standard InChI is InChI=1S/C15H14O4.C15H16O4/c1-8-3-4-10-12(18-7-8)6-13-14(15(10)17)11(16)5-9(2)19-13;1-8(2)4-5-10-11(16)7-13-14(15(10)18)12(17)6-9(3)19-13/h3,5-6,17H,4,7H2,1-2H3;4,6-7,16,18H,5H2,1-3H3. The molecule has 0 atom stereocenters. The monoisotopic (exact) mass is 518 g/mol. The van der Waals surface area contributed by atoms with Crippen molar-refractivity contribution in [3.63, 3.8) is 0 Å². The minimum Gasteiger partial charge on any atom is -0.507 e. The van der Waals surface area contributed by atoms with Crippen LogP contribution in [0.4, 0.5) is 0 Å². The maximum absolute atomic E-state index is 12.0. The topological polar surface area (TPSA) is 130 Å². The van der Waals surface area contributed by atoms with Crippen molar-refractivity contribution in [2.24, 2.45) is 0 Å². The first-order valence-electron chi connectivity index (χ1n) is 12.2. The normalized spacial score (nSPS) is 12.6. The van der Waals surface area contributed by atoms with Crippen LogP contribution in [0.2, 0.25) is 0 Å². The number of ether oxygens (including phenoxy) is 1. The molecule has 0 spiro atoms. The maximum atomic E-state index is 12.0. The summed E-state index contributed by atoms with van der Waals surface area (Å²) in [5.41, 5.74) is 3.15. The van der Waals surface area contributed by atoms with Crippen molar-refractivity contribution in [3.8, 4) is 23.0 Å². The van der Waals surface area contributed by atoms with Gasteiger partial charge in [0.25, 0.3) is 0 Å². The molecule has 2 aromatic heterocycles. The van der Waals surface area contributed by atoms with Crippen LogP contribution in [0, 0.1) is 13.8 Å². The van der Waals surface area contributed by atoms with E-state index in [2.05, 4.69) is 0 Å². The number of fused-ring (bicyclic) bond motifs is 3. The van der Waals surface area contributed by atoms with Gasteiger partial charge in [-0.15, -0.1) is 0 Å². The van der Waals surface area contributed by atoms with Gasteiger partial charge in [0, 0.05) is 35.4 Å². The van der Waals surface area contributed by atoms with E-state index in [9.17, 15) is 24.9 Å². The van der Waals surface area contributed by atoms with Crippen LogP contribution in [0.3, 0.4) is 0 Å². The first kappa shape index (κ1) is 26.6. The molecule has 8 nitrogen and oxygen atoms in total. The highest BCUT2D eigenvalue weighted by molar-refractivity contribution is 5.87. The molecule has 0 aliphatic carbocycles. The molecule has 2 aromatic carbocycles. The molecular weight excluding hydrogens is 488 g/mol. The maximum Gasteiger partial charge on any atom is 0.196 e. The Morgan fingerprint density at radius 3 is 2.05 bits per heavy atom. The molecule has 38 heavy (non-hydrogen) atoms. The van der Waals surface area contributed by atoms with E-state index in [0.29, 0.717) is 53.4 Å². The molecule has 0 radical (unpaired) electrons. The van der Waals surface area contributed by atoms with Crippen LogP contribution >= 0.6 is 0 Å². The molecule has 0 unspecified atom stereocenters. The zero-order valence-corrected chi connectivity index (χ0v) is 22.0. The Morgan fingerprint density at radius 2 is 1.45 bits per heavy atom. The third-order valence-electron chi connectivity index (χ3n) is 6.20. The summed E-state index contributed by atoms with van der Waals surface area (Å²) in [6, 6.07) is 5.76. The van der Waals surface area contributed by atoms with E-state index in [1.165, 1.54) is 18.2 Å². The average molecular weight is 519 g/mol. The molecule has 0 amide bonds. The number of hydrogen-bond acceptors (Lipinski definition) is 8. The van der Waals surface area contributed by atoms with Gasteiger partial charge in [-0.05, 0) is 53.0 Å². The predicted molar refractivity (Wildman–Crippen MR) is 146 cm³/mol. The fraction of sp³-hybridized carbons (Fsp3) is 0.267. The Balaban J connectivity index is 0.000000177. The van der Waals surface area contributed by atoms with Gasteiger partial charge in [-0.2, -0.15) is 0 Å². The molecule has 0 fully saturated rings. The third kappa shape index (κ3) is 5.29. The van der Waals surface area contributed by atoms with Gasteiger partial charge in [-0.25, -0.2) is 0 Å². The van der Waals surface area contributed by atoms with Gasteiger partial charge in [0.05, 0.1) is 0 Å². The van der Waals surface area contributed by atoms with E-state index in [0.717, 1.165) is 11.1 Å². The summed E-state index contributed by atoms with van der Waals surface area (Å²) in [4.78, 5) is 23.9. The Hall–Kier alpha value is -4.46. The first-order chi connectivity index (χ1) is 18.0. The van der Waals surface area contributed by atoms with Crippen molar-refractivity contribution in [2.75, 3.05) is 6.61 Å². The first-order valence-corrected chi connectivity index (χ1v) is 12.2. The summed E-state index contributed by atoms with van der Waals surface area (Å²) in [6.07, 6.45) is 4.78. The summed E-state index contributed by atoms with van der Waals surface area (Å²) in [6.45, 7) is 9.64. The van der Waals surface area contributed by atoms with E-state index in [1.807, 2.05) is 32.9 Å². The molecule has 3 N–H and O–H groups in total. The lowest BCUT2D eigenvalue weighted by atomic mass is 10.0. The average Bonchev–Trinajstić information content (AvgIpc) is 2.99. The predicted octanol–water partition coefficient (Wildman–Crippen LogP) is 5.71. The van der Waals surface area contributed by atoms with Gasteiger partial charge in [0.1, 0.15) is 63.1 Å². The van der Waals surface area contributed by atoms with Crippen molar-refractivity contribution in [1.29, 1.82) is 0 Å². The molecule has 8 heteroatoms. The van der Waals surface area contributed by atoms with Crippen molar-refractivity contribution in [2.45, 2.75) is 47.5 Å². The summed E-state index contributed by atoms with van der Waals surface area (Å²) < 4.78 is 16.5. The molecule has 0 saturated carbocycles. The highest BCUT2D eigenvalue weighted by Crippen LogP contribution is 2.37. The van der Waals surface area contributed by atoms with Gasteiger partial charge in [0.2, 0.25) is 0 Å². The number of allylic oxidation sites excluding steroid dienone is 3. The largest absolute Gasteiger partial charge is 0.507 e. The fourth-order valence-corrected chi connectivity index (χ4v) is 4.25. The minimum atomic E-state index is -0.310. The molecule has 1 aliphatic rings. The molecule has 0 bridgehead atoms. The number of rotatable bonds is 2. The molecular formula is C30H30O8. The van der Waals surface area contributed by atoms with E-state index >= 15 is 0 Å². The molecule has 0 saturated heterocycles. The SMILES string of the molecule is CC(C)=CCc1c(O)cc2oc(C)cc(=O)c2c1O.CC1=CCc2c(cc3oc(C)cc(=O)c3c2O)OC1. The quantitative estimate of drug-likeness (QED) is 0.288. The second kappa shape index (κ2) is 10.5. The van der Waals surface area contributed by atoms with Gasteiger partial charge in [-0.1, -0.05) is 17.7 Å². The summed E-state index contributed by atoms with van der Waals surface area (Å²) in [5, 5.41) is 30.7. The number of aryl methyl sites for hydroxylation is 2. The molecule has 198 valence electrons. The highest BCUT2D eigenvalue weighted by atomic mass is 16.5. The molecule has 3 heterocycles. The van der Waals surface area contributed by atoms with E-state index in [-0.39, 0.29) is 44.5 Å². The summed E-state index contributed by atoms with van der Waals surface area (Å²) >= 11 is 0. The lowest BCUT2D eigenvalue weighted by Gasteiger charge is -2.11. The lowest BCUT2D eigenvalue weighted by molar-refractivity contribution is 0.349. The number of benzene rings is 2. The fourth-order valence-electron chi connectivity index (χ4n) is 4.25. The second-order valence-electron chi connectivity index (χ2n) is 9.64. The van der Waals surface area contributed by atoms with Crippen LogP contribution in [0.5, 0.6) is 23.0 Å². The number of phenolic OH excluding ortho intramolecular Hbond substituents is 3. The Bertz CT molecular complexity index is 1730. The second-order valence-corrected chi connectivity index (χ2v) is 9.64. The van der Waals surface area contributed by atoms with Crippen LogP contribution in [-0.2, 0) is 12.8 Å². The Kier molecular flexibility index (Phi) is 7.35. The van der Waals surface area contributed by atoms with Crippen LogP contribution in [0.25, 0.3) is 21.9 Å². The summed E-state index contributed by atoms with van der Waals surface area (Å²) in [7, 11) is 0. The smallest absolute Gasteiger partial charge is 0.196 e. The molecule has 4 aromatic rings. The highest BCUT2D eigenvalue weighted by Gasteiger charge is 2.19. The van der Waals surface area contributed by atoms with Crippen molar-refractivity contribution < 1.29 is 28.9 Å². The van der Waals surface area contributed by atoms with Crippen LogP contribution in [0.1, 0.15) is 43.4 Å². The van der Waals surface area contributed by atoms with E-state index < -0.39 is 0 Å². The number of phenols is 3. The molecule has 1 aliphatic heterocycles. The molecule has 5 rings (SSSR count). The zero-order valence-electron chi connectivity index (χ0n) is 22.0. The Morgan fingerprint density at radius 1 is 0.868 bits per heavy atom.